The molecule has 0 unspecified atom stereocenters. The minimum absolute atomic E-state index is 0.0731. The lowest BCUT2D eigenvalue weighted by atomic mass is 10.1. The molecule has 1 aromatic carbocycles. The summed E-state index contributed by atoms with van der Waals surface area (Å²) in [6.45, 7) is 7.44. The molecule has 1 fully saturated rings. The van der Waals surface area contributed by atoms with E-state index in [9.17, 15) is 4.79 Å². The number of hydrogen-bond acceptors (Lipinski definition) is 9. The van der Waals surface area contributed by atoms with Crippen LogP contribution in [0.4, 0.5) is 5.82 Å². The van der Waals surface area contributed by atoms with Gasteiger partial charge in [0.15, 0.2) is 17.3 Å². The highest BCUT2D eigenvalue weighted by atomic mass is 16.6. The summed E-state index contributed by atoms with van der Waals surface area (Å²) in [5.74, 6) is 0.718. The second kappa shape index (κ2) is 10.2. The standard InChI is InChI=1S/C24H28N8O3/c1-2-32-20-14-18(27-15-19(20)28-23(32)21-22(25)30-35-29-21)13-16-4-3-5-17(12-16)24(33)26-6-7-31-8-10-34-11-9-31/h3-5,12,14-15H,2,6-11,13H2,1H3,(H2,25,30)(H,26,33). The van der Waals surface area contributed by atoms with Gasteiger partial charge in [-0.25, -0.2) is 9.61 Å². The number of nitrogens with zero attached hydrogens (tertiary/aromatic N) is 6. The number of carbonyl (C=O) groups excluding carboxylic acids is 1. The van der Waals surface area contributed by atoms with Crippen molar-refractivity contribution in [3.63, 3.8) is 0 Å². The molecule has 11 heteroatoms. The molecule has 0 atom stereocenters. The Morgan fingerprint density at radius 3 is 2.83 bits per heavy atom. The average molecular weight is 477 g/mol. The fourth-order valence-electron chi connectivity index (χ4n) is 4.30. The maximum absolute atomic E-state index is 12.7. The van der Waals surface area contributed by atoms with Gasteiger partial charge in [-0.05, 0) is 41.0 Å². The van der Waals surface area contributed by atoms with Gasteiger partial charge in [0, 0.05) is 50.4 Å². The van der Waals surface area contributed by atoms with Crippen molar-refractivity contribution in [3.05, 3.63) is 53.3 Å². The topological polar surface area (TPSA) is 137 Å². The molecule has 4 heterocycles. The van der Waals surface area contributed by atoms with Gasteiger partial charge >= 0.3 is 0 Å². The third kappa shape index (κ3) is 5.00. The molecule has 0 bridgehead atoms. The number of rotatable bonds is 8. The molecule has 1 amide bonds. The zero-order valence-electron chi connectivity index (χ0n) is 19.6. The lowest BCUT2D eigenvalue weighted by molar-refractivity contribution is 0.0383. The molecule has 5 rings (SSSR count). The number of nitrogen functional groups attached to an aromatic ring is 1. The zero-order valence-corrected chi connectivity index (χ0v) is 19.6. The molecule has 182 valence electrons. The Morgan fingerprint density at radius 1 is 1.20 bits per heavy atom. The van der Waals surface area contributed by atoms with Crippen LogP contribution in [0.5, 0.6) is 0 Å². The highest BCUT2D eigenvalue weighted by Gasteiger charge is 2.19. The second-order valence-corrected chi connectivity index (χ2v) is 8.43. The molecule has 0 saturated carbocycles. The SMILES string of the molecule is CCn1c(-c2nonc2N)nc2cnc(Cc3cccc(C(=O)NCCN4CCOCC4)c3)cc21. The Labute approximate surface area is 202 Å². The summed E-state index contributed by atoms with van der Waals surface area (Å²) in [6.07, 6.45) is 2.33. The van der Waals surface area contributed by atoms with Gasteiger partial charge < -0.3 is 20.4 Å². The Bertz CT molecular complexity index is 1330. The molecule has 1 aliphatic rings. The highest BCUT2D eigenvalue weighted by molar-refractivity contribution is 5.94. The van der Waals surface area contributed by atoms with Crippen LogP contribution in [0, 0.1) is 0 Å². The summed E-state index contributed by atoms with van der Waals surface area (Å²) in [6, 6.07) is 9.66. The minimum Gasteiger partial charge on any atom is -0.379 e. The molecular formula is C24H28N8O3. The summed E-state index contributed by atoms with van der Waals surface area (Å²) in [7, 11) is 0. The van der Waals surface area contributed by atoms with Gasteiger partial charge in [0.25, 0.3) is 5.91 Å². The van der Waals surface area contributed by atoms with Gasteiger partial charge in [-0.3, -0.25) is 14.7 Å². The summed E-state index contributed by atoms with van der Waals surface area (Å²) in [5, 5.41) is 10.6. The molecule has 0 aliphatic carbocycles. The highest BCUT2D eigenvalue weighted by Crippen LogP contribution is 2.27. The van der Waals surface area contributed by atoms with Crippen molar-refractivity contribution in [2.45, 2.75) is 19.9 Å². The van der Waals surface area contributed by atoms with E-state index in [0.717, 1.165) is 55.1 Å². The molecule has 11 nitrogen and oxygen atoms in total. The van der Waals surface area contributed by atoms with Crippen LogP contribution in [0.15, 0.2) is 41.2 Å². The summed E-state index contributed by atoms with van der Waals surface area (Å²) in [4.78, 5) is 24.2. The van der Waals surface area contributed by atoms with Gasteiger partial charge in [-0.2, -0.15) is 0 Å². The molecule has 3 N–H and O–H groups in total. The van der Waals surface area contributed by atoms with Crippen LogP contribution in [0.3, 0.4) is 0 Å². The molecule has 3 aromatic heterocycles. The molecule has 0 spiro atoms. The molecule has 35 heavy (non-hydrogen) atoms. The van der Waals surface area contributed by atoms with Crippen LogP contribution in [-0.2, 0) is 17.7 Å². The van der Waals surface area contributed by atoms with Crippen LogP contribution >= 0.6 is 0 Å². The van der Waals surface area contributed by atoms with E-state index in [2.05, 4.69) is 30.5 Å². The number of aryl methyl sites for hydroxylation is 1. The number of aromatic nitrogens is 5. The van der Waals surface area contributed by atoms with E-state index in [-0.39, 0.29) is 11.7 Å². The Kier molecular flexibility index (Phi) is 6.68. The monoisotopic (exact) mass is 476 g/mol. The van der Waals surface area contributed by atoms with Gasteiger partial charge in [0.1, 0.15) is 5.52 Å². The predicted octanol–water partition coefficient (Wildman–Crippen LogP) is 1.74. The van der Waals surface area contributed by atoms with Crippen molar-refractivity contribution >= 4 is 22.8 Å². The fourth-order valence-corrected chi connectivity index (χ4v) is 4.30. The van der Waals surface area contributed by atoms with Crippen molar-refractivity contribution < 1.29 is 14.2 Å². The number of carbonyl (C=O) groups is 1. The van der Waals surface area contributed by atoms with Crippen molar-refractivity contribution in [2.75, 3.05) is 45.1 Å². The summed E-state index contributed by atoms with van der Waals surface area (Å²) >= 11 is 0. The number of ether oxygens (including phenoxy) is 1. The third-order valence-corrected chi connectivity index (χ3v) is 6.12. The Morgan fingerprint density at radius 2 is 2.06 bits per heavy atom. The maximum atomic E-state index is 12.7. The largest absolute Gasteiger partial charge is 0.379 e. The van der Waals surface area contributed by atoms with Crippen LogP contribution < -0.4 is 11.1 Å². The van der Waals surface area contributed by atoms with Crippen molar-refractivity contribution in [1.82, 2.24) is 35.1 Å². The smallest absolute Gasteiger partial charge is 0.251 e. The zero-order chi connectivity index (χ0) is 24.2. The second-order valence-electron chi connectivity index (χ2n) is 8.43. The van der Waals surface area contributed by atoms with E-state index in [1.54, 1.807) is 6.20 Å². The van der Waals surface area contributed by atoms with Crippen LogP contribution in [-0.4, -0.2) is 75.0 Å². The molecule has 0 radical (unpaired) electrons. The minimum atomic E-state index is -0.0731. The molecule has 1 aliphatic heterocycles. The number of amides is 1. The Balaban J connectivity index is 1.29. The van der Waals surface area contributed by atoms with E-state index in [4.69, 9.17) is 15.1 Å². The van der Waals surface area contributed by atoms with Gasteiger partial charge in [-0.15, -0.1) is 0 Å². The van der Waals surface area contributed by atoms with Crippen molar-refractivity contribution in [2.24, 2.45) is 0 Å². The number of imidazole rings is 1. The molecule has 1 saturated heterocycles. The predicted molar refractivity (Wildman–Crippen MR) is 130 cm³/mol. The third-order valence-electron chi connectivity index (χ3n) is 6.12. The lowest BCUT2D eigenvalue weighted by Gasteiger charge is -2.26. The summed E-state index contributed by atoms with van der Waals surface area (Å²) in [5.41, 5.74) is 10.5. The number of anilines is 1. The number of pyridine rings is 1. The van der Waals surface area contributed by atoms with Crippen LogP contribution in [0.1, 0.15) is 28.5 Å². The van der Waals surface area contributed by atoms with E-state index in [1.807, 2.05) is 41.8 Å². The fraction of sp³-hybridized carbons (Fsp3) is 0.375. The van der Waals surface area contributed by atoms with E-state index in [0.29, 0.717) is 36.6 Å². The number of hydrogen-bond donors (Lipinski definition) is 2. The molecule has 4 aromatic rings. The normalized spacial score (nSPS) is 14.4. The number of benzene rings is 1. The van der Waals surface area contributed by atoms with Gasteiger partial charge in [-0.1, -0.05) is 12.1 Å². The maximum Gasteiger partial charge on any atom is 0.251 e. The molecular weight excluding hydrogens is 448 g/mol. The Hall–Kier alpha value is -3.83. The van der Waals surface area contributed by atoms with Crippen LogP contribution in [0.2, 0.25) is 0 Å². The number of nitrogens with one attached hydrogen (secondary N) is 1. The van der Waals surface area contributed by atoms with E-state index in [1.165, 1.54) is 0 Å². The first-order chi connectivity index (χ1) is 17.1. The first-order valence-electron chi connectivity index (χ1n) is 11.7. The lowest BCUT2D eigenvalue weighted by Crippen LogP contribution is -2.41. The summed E-state index contributed by atoms with van der Waals surface area (Å²) < 4.78 is 12.1. The van der Waals surface area contributed by atoms with E-state index < -0.39 is 0 Å². The average Bonchev–Trinajstić information content (AvgIpc) is 3.47. The van der Waals surface area contributed by atoms with Crippen LogP contribution in [0.25, 0.3) is 22.6 Å². The number of fused-ring (bicyclic) bond motifs is 1. The van der Waals surface area contributed by atoms with Gasteiger partial charge in [0.05, 0.1) is 24.9 Å². The van der Waals surface area contributed by atoms with E-state index >= 15 is 0 Å². The van der Waals surface area contributed by atoms with Gasteiger partial charge in [0.2, 0.25) is 0 Å². The van der Waals surface area contributed by atoms with Crippen molar-refractivity contribution in [1.29, 1.82) is 0 Å². The quantitative estimate of drug-likeness (QED) is 0.389. The first-order valence-corrected chi connectivity index (χ1v) is 11.7. The first kappa shape index (κ1) is 22.9. The number of morpholine rings is 1. The van der Waals surface area contributed by atoms with Crippen molar-refractivity contribution in [3.8, 4) is 11.5 Å². The number of nitrogens with two attached hydrogens (primary N) is 1.